The highest BCUT2D eigenvalue weighted by Gasteiger charge is 2.16. The van der Waals surface area contributed by atoms with Crippen LogP contribution in [-0.4, -0.2) is 17.0 Å². The molecule has 1 amide bonds. The Balaban J connectivity index is 1.67. The second-order valence-electron chi connectivity index (χ2n) is 5.79. The first-order valence-corrected chi connectivity index (χ1v) is 9.13. The van der Waals surface area contributed by atoms with Crippen molar-refractivity contribution in [2.75, 3.05) is 0 Å². The molecule has 2 aromatic rings. The topological polar surface area (TPSA) is 84.6 Å². The third kappa shape index (κ3) is 4.24. The zero-order valence-electron chi connectivity index (χ0n) is 13.3. The zero-order valence-corrected chi connectivity index (χ0v) is 14.9. The fraction of sp³-hybridized carbons (Fsp3) is 0.294. The number of nitrogens with one attached hydrogen (secondary N) is 1. The second kappa shape index (κ2) is 7.76. The van der Waals surface area contributed by atoms with Crippen LogP contribution in [0.1, 0.15) is 44.9 Å². The van der Waals surface area contributed by atoms with Gasteiger partial charge in [-0.3, -0.25) is 14.9 Å². The van der Waals surface area contributed by atoms with Crippen LogP contribution in [0.5, 0.6) is 0 Å². The average molecular weight is 378 g/mol. The smallest absolute Gasteiger partial charge is 0.266 e. The van der Waals surface area contributed by atoms with Crippen molar-refractivity contribution in [3.8, 4) is 0 Å². The van der Waals surface area contributed by atoms with Crippen LogP contribution in [0, 0.1) is 10.1 Å². The Hall–Kier alpha value is -2.25. The lowest BCUT2D eigenvalue weighted by molar-refractivity contribution is -0.384. The zero-order chi connectivity index (χ0) is 17.8. The summed E-state index contributed by atoms with van der Waals surface area (Å²) in [6, 6.07) is 6.28. The number of aryl methyl sites for hydroxylation is 2. The first kappa shape index (κ1) is 17.6. The summed E-state index contributed by atoms with van der Waals surface area (Å²) in [6.07, 6.45) is 6.99. The Morgan fingerprint density at radius 1 is 1.28 bits per heavy atom. The Labute approximate surface area is 153 Å². The number of thiophene rings is 1. The maximum atomic E-state index is 12.2. The molecule has 1 aromatic carbocycles. The summed E-state index contributed by atoms with van der Waals surface area (Å²) >= 11 is 7.28. The molecule has 3 rings (SSSR count). The van der Waals surface area contributed by atoms with Crippen LogP contribution in [0.4, 0.5) is 5.69 Å². The van der Waals surface area contributed by atoms with Gasteiger partial charge in [-0.25, -0.2) is 5.43 Å². The number of benzene rings is 1. The third-order valence-electron chi connectivity index (χ3n) is 4.02. The molecule has 8 heteroatoms. The molecule has 0 unspecified atom stereocenters. The summed E-state index contributed by atoms with van der Waals surface area (Å²) in [5.41, 5.74) is 4.03. The number of amides is 1. The lowest BCUT2D eigenvalue weighted by Gasteiger charge is -1.98. The number of hydrogen-bond donors (Lipinski definition) is 1. The first-order valence-electron chi connectivity index (χ1n) is 7.93. The van der Waals surface area contributed by atoms with E-state index in [-0.39, 0.29) is 16.6 Å². The maximum Gasteiger partial charge on any atom is 0.288 e. The Bertz CT molecular complexity index is 824. The molecular weight excluding hydrogens is 362 g/mol. The van der Waals surface area contributed by atoms with Crippen LogP contribution >= 0.6 is 22.9 Å². The van der Waals surface area contributed by atoms with Crippen molar-refractivity contribution in [2.24, 2.45) is 5.10 Å². The van der Waals surface area contributed by atoms with Gasteiger partial charge in [-0.1, -0.05) is 24.1 Å². The molecule has 1 aliphatic rings. The van der Waals surface area contributed by atoms with E-state index in [0.717, 1.165) is 19.3 Å². The van der Waals surface area contributed by atoms with Crippen LogP contribution in [0.15, 0.2) is 29.4 Å². The largest absolute Gasteiger partial charge is 0.288 e. The lowest BCUT2D eigenvalue weighted by Crippen LogP contribution is -2.16. The van der Waals surface area contributed by atoms with Gasteiger partial charge in [0.2, 0.25) is 0 Å². The molecule has 130 valence electrons. The van der Waals surface area contributed by atoms with Crippen LogP contribution in [-0.2, 0) is 12.8 Å². The van der Waals surface area contributed by atoms with Crippen molar-refractivity contribution in [3.63, 3.8) is 0 Å². The molecule has 1 aromatic heterocycles. The van der Waals surface area contributed by atoms with Crippen LogP contribution in [0.25, 0.3) is 0 Å². The predicted molar refractivity (Wildman–Crippen MR) is 98.7 cm³/mol. The number of hydrazone groups is 1. The van der Waals surface area contributed by atoms with Gasteiger partial charge in [-0.15, -0.1) is 11.3 Å². The standard InChI is InChI=1S/C17H16ClN3O3S/c18-13-7-6-11(8-14(13)21(23)24)10-19-20-17(22)16-9-12-4-2-1-3-5-15(12)25-16/h6-10H,1-5H2,(H,20,22)/b19-10-. The molecule has 1 heterocycles. The highest BCUT2D eigenvalue weighted by atomic mass is 35.5. The summed E-state index contributed by atoms with van der Waals surface area (Å²) in [7, 11) is 0. The van der Waals surface area contributed by atoms with E-state index in [4.69, 9.17) is 11.6 Å². The van der Waals surface area contributed by atoms with Crippen LogP contribution < -0.4 is 5.43 Å². The minimum absolute atomic E-state index is 0.0614. The number of carbonyl (C=O) groups is 1. The van der Waals surface area contributed by atoms with Crippen molar-refractivity contribution in [1.82, 2.24) is 5.43 Å². The molecule has 0 radical (unpaired) electrons. The van der Waals surface area contributed by atoms with Crippen molar-refractivity contribution in [3.05, 3.63) is 60.3 Å². The second-order valence-corrected chi connectivity index (χ2v) is 7.33. The van der Waals surface area contributed by atoms with Gasteiger partial charge in [0.15, 0.2) is 0 Å². The first-order chi connectivity index (χ1) is 12.0. The van der Waals surface area contributed by atoms with E-state index in [1.54, 1.807) is 6.07 Å². The number of rotatable bonds is 4. The van der Waals surface area contributed by atoms with Crippen LogP contribution in [0.2, 0.25) is 5.02 Å². The highest BCUT2D eigenvalue weighted by Crippen LogP contribution is 2.29. The van der Waals surface area contributed by atoms with Gasteiger partial charge in [-0.2, -0.15) is 5.10 Å². The summed E-state index contributed by atoms with van der Waals surface area (Å²) in [5.74, 6) is -0.266. The fourth-order valence-electron chi connectivity index (χ4n) is 2.75. The average Bonchev–Trinajstić information content (AvgIpc) is 2.87. The summed E-state index contributed by atoms with van der Waals surface area (Å²) in [5, 5.41) is 14.8. The normalized spacial score (nSPS) is 14.1. The predicted octanol–water partition coefficient (Wildman–Crippen LogP) is 4.34. The van der Waals surface area contributed by atoms with E-state index < -0.39 is 4.92 Å². The molecular formula is C17H16ClN3O3S. The number of hydrogen-bond acceptors (Lipinski definition) is 5. The number of nitro benzene ring substituents is 1. The molecule has 0 aliphatic heterocycles. The van der Waals surface area contributed by atoms with Gasteiger partial charge < -0.3 is 0 Å². The van der Waals surface area contributed by atoms with Crippen molar-refractivity contribution in [2.45, 2.75) is 32.1 Å². The van der Waals surface area contributed by atoms with Gasteiger partial charge in [0, 0.05) is 16.5 Å². The molecule has 0 bridgehead atoms. The van der Waals surface area contributed by atoms with E-state index in [1.165, 1.54) is 53.0 Å². The number of fused-ring (bicyclic) bond motifs is 1. The quantitative estimate of drug-likeness (QED) is 0.372. The van der Waals surface area contributed by atoms with Gasteiger partial charge in [0.05, 0.1) is 16.0 Å². The van der Waals surface area contributed by atoms with E-state index in [1.807, 2.05) is 6.07 Å². The van der Waals surface area contributed by atoms with E-state index >= 15 is 0 Å². The van der Waals surface area contributed by atoms with Crippen LogP contribution in [0.3, 0.4) is 0 Å². The SMILES string of the molecule is O=C(N/N=C\c1ccc(Cl)c([N+](=O)[O-])c1)c1cc2c(s1)CCCCC2. The molecule has 0 atom stereocenters. The minimum Gasteiger partial charge on any atom is -0.266 e. The fourth-order valence-corrected chi connectivity index (χ4v) is 4.08. The van der Waals surface area contributed by atoms with Gasteiger partial charge in [-0.05, 0) is 43.4 Å². The van der Waals surface area contributed by atoms with E-state index in [0.29, 0.717) is 10.4 Å². The Morgan fingerprint density at radius 2 is 2.08 bits per heavy atom. The summed E-state index contributed by atoms with van der Waals surface area (Å²) in [6.45, 7) is 0. The highest BCUT2D eigenvalue weighted by molar-refractivity contribution is 7.14. The number of halogens is 1. The van der Waals surface area contributed by atoms with Gasteiger partial charge >= 0.3 is 0 Å². The van der Waals surface area contributed by atoms with Gasteiger partial charge in [0.1, 0.15) is 5.02 Å². The molecule has 0 saturated carbocycles. The summed E-state index contributed by atoms with van der Waals surface area (Å²) < 4.78 is 0. The van der Waals surface area contributed by atoms with Crippen molar-refractivity contribution in [1.29, 1.82) is 0 Å². The van der Waals surface area contributed by atoms with Crippen molar-refractivity contribution >= 4 is 40.7 Å². The molecule has 1 aliphatic carbocycles. The maximum absolute atomic E-state index is 12.2. The summed E-state index contributed by atoms with van der Waals surface area (Å²) in [4.78, 5) is 24.5. The Morgan fingerprint density at radius 3 is 2.88 bits per heavy atom. The number of nitrogens with zero attached hydrogens (tertiary/aromatic N) is 2. The third-order valence-corrected chi connectivity index (χ3v) is 5.57. The monoisotopic (exact) mass is 377 g/mol. The Kier molecular flexibility index (Phi) is 5.45. The molecule has 0 fully saturated rings. The molecule has 0 saturated heterocycles. The molecule has 0 spiro atoms. The number of carbonyl (C=O) groups excluding carboxylic acids is 1. The lowest BCUT2D eigenvalue weighted by atomic mass is 10.1. The number of nitro groups is 1. The minimum atomic E-state index is -0.559. The van der Waals surface area contributed by atoms with E-state index in [2.05, 4.69) is 10.5 Å². The van der Waals surface area contributed by atoms with Crippen molar-refractivity contribution < 1.29 is 9.72 Å². The molecule has 25 heavy (non-hydrogen) atoms. The molecule has 6 nitrogen and oxygen atoms in total. The molecule has 1 N–H and O–H groups in total. The van der Waals surface area contributed by atoms with E-state index in [9.17, 15) is 14.9 Å². The van der Waals surface area contributed by atoms with Gasteiger partial charge in [0.25, 0.3) is 11.6 Å².